The van der Waals surface area contributed by atoms with Crippen LogP contribution < -0.4 is 4.74 Å². The summed E-state index contributed by atoms with van der Waals surface area (Å²) in [6, 6.07) is 11.8. The zero-order chi connectivity index (χ0) is 14.3. The van der Waals surface area contributed by atoms with Gasteiger partial charge in [0, 0.05) is 15.0 Å². The van der Waals surface area contributed by atoms with Crippen molar-refractivity contribution in [3.05, 3.63) is 50.1 Å². The van der Waals surface area contributed by atoms with Crippen LogP contribution in [-0.4, -0.2) is 16.7 Å². The fourth-order valence-electron chi connectivity index (χ4n) is 2.11. The number of hydrogen-bond acceptors (Lipinski definition) is 2. The Hall–Kier alpha value is -1.11. The number of hydrogen-bond donors (Lipinski definition) is 1. The fourth-order valence-corrected chi connectivity index (χ4v) is 3.64. The Bertz CT molecular complexity index is 854. The lowest BCUT2D eigenvalue weighted by Crippen LogP contribution is -1.95. The maximum atomic E-state index is 5.44. The number of aromatic amines is 1. The first-order chi connectivity index (χ1) is 9.60. The molecule has 0 aliphatic rings. The molecule has 0 aliphatic heterocycles. The first kappa shape index (κ1) is 13.9. The van der Waals surface area contributed by atoms with Crippen LogP contribution in [0, 0.1) is 4.77 Å². The van der Waals surface area contributed by atoms with E-state index in [0.29, 0.717) is 4.77 Å². The highest BCUT2D eigenvalue weighted by Gasteiger charge is 2.10. The topological polar surface area (TPSA) is 29.9 Å². The molecule has 6 heteroatoms. The summed E-state index contributed by atoms with van der Waals surface area (Å²) in [5.74, 6) is 0.800. The molecule has 0 fully saturated rings. The third kappa shape index (κ3) is 2.32. The molecule has 0 bridgehead atoms. The van der Waals surface area contributed by atoms with Crippen molar-refractivity contribution in [1.82, 2.24) is 9.55 Å². The number of fused-ring (bicyclic) bond motifs is 1. The highest BCUT2D eigenvalue weighted by Crippen LogP contribution is 2.29. The van der Waals surface area contributed by atoms with Crippen LogP contribution in [0.25, 0.3) is 16.7 Å². The SMILES string of the molecule is COc1ccc2[nH]c(=S)n(-c3ccc(Br)cc3Br)c2c1. The van der Waals surface area contributed by atoms with Gasteiger partial charge in [-0.05, 0) is 58.5 Å². The molecule has 0 atom stereocenters. The van der Waals surface area contributed by atoms with Gasteiger partial charge in [-0.1, -0.05) is 15.9 Å². The Morgan fingerprint density at radius 1 is 1.15 bits per heavy atom. The van der Waals surface area contributed by atoms with Crippen LogP contribution in [0.1, 0.15) is 0 Å². The Kier molecular flexibility index (Phi) is 3.70. The van der Waals surface area contributed by atoms with Crippen molar-refractivity contribution in [1.29, 1.82) is 0 Å². The molecule has 20 heavy (non-hydrogen) atoms. The van der Waals surface area contributed by atoms with Gasteiger partial charge in [0.15, 0.2) is 4.77 Å². The molecule has 102 valence electrons. The Labute approximate surface area is 137 Å². The Morgan fingerprint density at radius 2 is 1.95 bits per heavy atom. The minimum Gasteiger partial charge on any atom is -0.497 e. The van der Waals surface area contributed by atoms with Crippen molar-refractivity contribution >= 4 is 55.1 Å². The monoisotopic (exact) mass is 412 g/mol. The lowest BCUT2D eigenvalue weighted by Gasteiger charge is -2.08. The fraction of sp³-hybridized carbons (Fsp3) is 0.0714. The van der Waals surface area contributed by atoms with Crippen LogP contribution >= 0.6 is 44.1 Å². The van der Waals surface area contributed by atoms with Gasteiger partial charge in [0.2, 0.25) is 0 Å². The van der Waals surface area contributed by atoms with Crippen molar-refractivity contribution < 1.29 is 4.74 Å². The molecule has 1 N–H and O–H groups in total. The van der Waals surface area contributed by atoms with E-state index in [1.54, 1.807) is 7.11 Å². The molecule has 0 amide bonds. The first-order valence-electron chi connectivity index (χ1n) is 5.84. The van der Waals surface area contributed by atoms with Gasteiger partial charge in [-0.2, -0.15) is 0 Å². The van der Waals surface area contributed by atoms with Crippen molar-refractivity contribution in [2.45, 2.75) is 0 Å². The summed E-state index contributed by atoms with van der Waals surface area (Å²) in [6.07, 6.45) is 0. The zero-order valence-corrected chi connectivity index (χ0v) is 14.5. The van der Waals surface area contributed by atoms with E-state index < -0.39 is 0 Å². The first-order valence-corrected chi connectivity index (χ1v) is 7.84. The summed E-state index contributed by atoms with van der Waals surface area (Å²) in [7, 11) is 1.66. The molecular weight excluding hydrogens is 404 g/mol. The van der Waals surface area contributed by atoms with E-state index in [-0.39, 0.29) is 0 Å². The van der Waals surface area contributed by atoms with Crippen LogP contribution in [-0.2, 0) is 0 Å². The van der Waals surface area contributed by atoms with Gasteiger partial charge in [-0.3, -0.25) is 4.57 Å². The molecule has 0 unspecified atom stereocenters. The lowest BCUT2D eigenvalue weighted by atomic mass is 10.2. The van der Waals surface area contributed by atoms with E-state index in [9.17, 15) is 0 Å². The van der Waals surface area contributed by atoms with Gasteiger partial charge in [0.1, 0.15) is 5.75 Å². The number of aromatic nitrogens is 2. The molecule has 1 aromatic heterocycles. The summed E-state index contributed by atoms with van der Waals surface area (Å²) in [5, 5.41) is 0. The second kappa shape index (κ2) is 5.35. The molecule has 0 saturated carbocycles. The third-order valence-electron chi connectivity index (χ3n) is 3.04. The number of nitrogens with one attached hydrogen (secondary N) is 1. The van der Waals surface area contributed by atoms with Gasteiger partial charge >= 0.3 is 0 Å². The quantitative estimate of drug-likeness (QED) is 0.583. The smallest absolute Gasteiger partial charge is 0.182 e. The highest BCUT2D eigenvalue weighted by atomic mass is 79.9. The molecule has 0 saturated heterocycles. The highest BCUT2D eigenvalue weighted by molar-refractivity contribution is 9.11. The number of benzene rings is 2. The molecule has 3 aromatic rings. The molecule has 2 aromatic carbocycles. The van der Waals surface area contributed by atoms with Crippen molar-refractivity contribution in [2.24, 2.45) is 0 Å². The standard InChI is InChI=1S/C14H10Br2N2OS/c1-19-9-3-4-11-13(7-9)18(14(20)17-11)12-5-2-8(15)6-10(12)16/h2-7H,1H3,(H,17,20). The lowest BCUT2D eigenvalue weighted by molar-refractivity contribution is 0.415. The summed E-state index contributed by atoms with van der Waals surface area (Å²) < 4.78 is 9.91. The number of nitrogens with zero attached hydrogens (tertiary/aromatic N) is 1. The molecule has 0 aliphatic carbocycles. The predicted octanol–water partition coefficient (Wildman–Crippen LogP) is 5.22. The van der Waals surface area contributed by atoms with E-state index in [2.05, 4.69) is 36.8 Å². The van der Waals surface area contributed by atoms with Crippen LogP contribution in [0.2, 0.25) is 0 Å². The molecule has 1 heterocycles. The largest absolute Gasteiger partial charge is 0.497 e. The second-order valence-corrected chi connectivity index (χ2v) is 6.40. The summed E-state index contributed by atoms with van der Waals surface area (Å²) in [5.41, 5.74) is 2.95. The Morgan fingerprint density at radius 3 is 2.65 bits per heavy atom. The maximum Gasteiger partial charge on any atom is 0.182 e. The maximum absolute atomic E-state index is 5.44. The van der Waals surface area contributed by atoms with E-state index in [0.717, 1.165) is 31.4 Å². The predicted molar refractivity (Wildman–Crippen MR) is 90.4 cm³/mol. The minimum atomic E-state index is 0.649. The van der Waals surface area contributed by atoms with Gasteiger partial charge < -0.3 is 9.72 Å². The number of ether oxygens (including phenoxy) is 1. The van der Waals surface area contributed by atoms with Gasteiger partial charge in [-0.25, -0.2) is 0 Å². The zero-order valence-electron chi connectivity index (χ0n) is 10.5. The number of imidazole rings is 1. The molecular formula is C14H10Br2N2OS. The summed E-state index contributed by atoms with van der Waals surface area (Å²) >= 11 is 12.5. The average Bonchev–Trinajstić information content (AvgIpc) is 2.74. The Balaban J connectivity index is 2.34. The molecule has 3 rings (SSSR count). The number of H-pyrrole nitrogens is 1. The number of halogens is 2. The molecule has 0 radical (unpaired) electrons. The van der Waals surface area contributed by atoms with E-state index >= 15 is 0 Å². The number of rotatable bonds is 2. The van der Waals surface area contributed by atoms with E-state index in [1.807, 2.05) is 41.0 Å². The van der Waals surface area contributed by atoms with Crippen LogP contribution in [0.4, 0.5) is 0 Å². The summed E-state index contributed by atoms with van der Waals surface area (Å²) in [6.45, 7) is 0. The van der Waals surface area contributed by atoms with Gasteiger partial charge in [-0.15, -0.1) is 0 Å². The van der Waals surface area contributed by atoms with Crippen molar-refractivity contribution in [2.75, 3.05) is 7.11 Å². The average molecular weight is 414 g/mol. The minimum absolute atomic E-state index is 0.649. The van der Waals surface area contributed by atoms with Crippen LogP contribution in [0.15, 0.2) is 45.3 Å². The summed E-state index contributed by atoms with van der Waals surface area (Å²) in [4.78, 5) is 3.21. The van der Waals surface area contributed by atoms with Gasteiger partial charge in [0.05, 0.1) is 23.8 Å². The molecule has 3 nitrogen and oxygen atoms in total. The van der Waals surface area contributed by atoms with Crippen LogP contribution in [0.3, 0.4) is 0 Å². The number of methoxy groups -OCH3 is 1. The van der Waals surface area contributed by atoms with E-state index in [4.69, 9.17) is 17.0 Å². The van der Waals surface area contributed by atoms with E-state index in [1.165, 1.54) is 0 Å². The molecule has 0 spiro atoms. The van der Waals surface area contributed by atoms with Gasteiger partial charge in [0.25, 0.3) is 0 Å². The van der Waals surface area contributed by atoms with Crippen molar-refractivity contribution in [3.63, 3.8) is 0 Å². The third-order valence-corrected chi connectivity index (χ3v) is 4.45. The normalized spacial score (nSPS) is 10.9. The van der Waals surface area contributed by atoms with Crippen molar-refractivity contribution in [3.8, 4) is 11.4 Å². The second-order valence-electron chi connectivity index (χ2n) is 4.24. The van der Waals surface area contributed by atoms with Crippen LogP contribution in [0.5, 0.6) is 5.75 Å².